The molecule has 1 unspecified atom stereocenters. The molecule has 1 atom stereocenters. The third kappa shape index (κ3) is 4.11. The second-order valence-corrected chi connectivity index (χ2v) is 5.96. The lowest BCUT2D eigenvalue weighted by Gasteiger charge is -2.08. The topological polar surface area (TPSA) is 54.4 Å². The van der Waals surface area contributed by atoms with Crippen LogP contribution in [0.4, 0.5) is 0 Å². The first kappa shape index (κ1) is 15.3. The molecule has 0 heterocycles. The summed E-state index contributed by atoms with van der Waals surface area (Å²) in [5, 5.41) is 9.23. The van der Waals surface area contributed by atoms with E-state index in [0.717, 1.165) is 0 Å². The zero-order valence-corrected chi connectivity index (χ0v) is 11.4. The summed E-state index contributed by atoms with van der Waals surface area (Å²) in [6, 6.07) is 8.14. The molecular formula is C15H16O3S. The van der Waals surface area contributed by atoms with Crippen LogP contribution in [0.1, 0.15) is 19.3 Å². The number of aliphatic hydroxyl groups is 1. The number of allylic oxidation sites excluding steroid dienone is 1. The first-order valence-corrected chi connectivity index (χ1v) is 7.34. The minimum absolute atomic E-state index is 0.128. The van der Waals surface area contributed by atoms with Gasteiger partial charge < -0.3 is 5.11 Å². The monoisotopic (exact) mass is 276 g/mol. The summed E-state index contributed by atoms with van der Waals surface area (Å²) in [5.74, 6) is 2.19. The number of sulfone groups is 1. The SMILES string of the molecule is C#CC(O)CCCC(=C=C)S(=O)(=O)c1ccccc1. The van der Waals surface area contributed by atoms with Gasteiger partial charge in [-0.3, -0.25) is 0 Å². The fraction of sp³-hybridized carbons (Fsp3) is 0.267. The molecule has 100 valence electrons. The van der Waals surface area contributed by atoms with E-state index >= 15 is 0 Å². The van der Waals surface area contributed by atoms with Crippen molar-refractivity contribution in [3.63, 3.8) is 0 Å². The number of benzene rings is 1. The number of hydrogen-bond acceptors (Lipinski definition) is 3. The molecule has 19 heavy (non-hydrogen) atoms. The van der Waals surface area contributed by atoms with Gasteiger partial charge >= 0.3 is 0 Å². The second-order valence-electron chi connectivity index (χ2n) is 3.99. The van der Waals surface area contributed by atoms with Gasteiger partial charge in [-0.2, -0.15) is 0 Å². The molecule has 3 nitrogen and oxygen atoms in total. The molecule has 0 radical (unpaired) electrons. The van der Waals surface area contributed by atoms with Crippen LogP contribution in [0, 0.1) is 12.3 Å². The van der Waals surface area contributed by atoms with Crippen molar-refractivity contribution in [1.82, 2.24) is 0 Å². The number of rotatable bonds is 6. The summed E-state index contributed by atoms with van der Waals surface area (Å²) in [5.41, 5.74) is 2.48. The average Bonchev–Trinajstić information content (AvgIpc) is 2.44. The highest BCUT2D eigenvalue weighted by Gasteiger charge is 2.19. The van der Waals surface area contributed by atoms with Crippen LogP contribution in [0.25, 0.3) is 0 Å². The Morgan fingerprint density at radius 2 is 2.00 bits per heavy atom. The number of hydrogen-bond donors (Lipinski definition) is 1. The maximum absolute atomic E-state index is 12.3. The van der Waals surface area contributed by atoms with Crippen molar-refractivity contribution in [1.29, 1.82) is 0 Å². The first-order chi connectivity index (χ1) is 9.02. The van der Waals surface area contributed by atoms with E-state index in [4.69, 9.17) is 6.42 Å². The Bertz CT molecular complexity index is 603. The molecule has 1 N–H and O–H groups in total. The van der Waals surface area contributed by atoms with Crippen molar-refractivity contribution in [2.24, 2.45) is 0 Å². The summed E-state index contributed by atoms with van der Waals surface area (Å²) in [6.07, 6.45) is 5.29. The molecule has 0 saturated carbocycles. The maximum Gasteiger partial charge on any atom is 0.209 e. The van der Waals surface area contributed by atoms with Crippen LogP contribution in [0.3, 0.4) is 0 Å². The van der Waals surface area contributed by atoms with Gasteiger partial charge in [-0.1, -0.05) is 30.7 Å². The highest BCUT2D eigenvalue weighted by molar-refractivity contribution is 7.95. The zero-order chi connectivity index (χ0) is 14.3. The lowest BCUT2D eigenvalue weighted by Crippen LogP contribution is -2.06. The second kappa shape index (κ2) is 6.96. The average molecular weight is 276 g/mol. The van der Waals surface area contributed by atoms with Crippen LogP contribution >= 0.6 is 0 Å². The fourth-order valence-electron chi connectivity index (χ4n) is 1.60. The molecule has 1 aromatic carbocycles. The summed E-state index contributed by atoms with van der Waals surface area (Å²) >= 11 is 0. The molecule has 1 rings (SSSR count). The number of aliphatic hydroxyl groups excluding tert-OH is 1. The van der Waals surface area contributed by atoms with Crippen LogP contribution in [0.15, 0.2) is 52.4 Å². The highest BCUT2D eigenvalue weighted by atomic mass is 32.2. The Morgan fingerprint density at radius 1 is 1.37 bits per heavy atom. The Morgan fingerprint density at radius 3 is 2.53 bits per heavy atom. The highest BCUT2D eigenvalue weighted by Crippen LogP contribution is 2.22. The molecule has 0 amide bonds. The van der Waals surface area contributed by atoms with Gasteiger partial charge in [0.25, 0.3) is 0 Å². The van der Waals surface area contributed by atoms with Crippen LogP contribution in [-0.2, 0) is 9.84 Å². The Kier molecular flexibility index (Phi) is 5.59. The molecule has 0 aliphatic rings. The molecule has 1 aromatic rings. The predicted molar refractivity (Wildman–Crippen MR) is 75.0 cm³/mol. The first-order valence-electron chi connectivity index (χ1n) is 5.85. The van der Waals surface area contributed by atoms with E-state index < -0.39 is 15.9 Å². The minimum atomic E-state index is -3.55. The Labute approximate surface area is 114 Å². The smallest absolute Gasteiger partial charge is 0.209 e. The predicted octanol–water partition coefficient (Wildman–Crippen LogP) is 2.29. The largest absolute Gasteiger partial charge is 0.380 e. The van der Waals surface area contributed by atoms with Gasteiger partial charge in [0.1, 0.15) is 6.10 Å². The maximum atomic E-state index is 12.3. The molecule has 0 aliphatic carbocycles. The third-order valence-electron chi connectivity index (χ3n) is 2.65. The Balaban J connectivity index is 2.82. The van der Waals surface area contributed by atoms with Crippen molar-refractivity contribution in [3.05, 3.63) is 47.5 Å². The normalized spacial score (nSPS) is 12.2. The van der Waals surface area contributed by atoms with E-state index in [1.807, 2.05) is 0 Å². The van der Waals surface area contributed by atoms with E-state index in [9.17, 15) is 13.5 Å². The summed E-state index contributed by atoms with van der Waals surface area (Å²) in [6.45, 7) is 3.43. The summed E-state index contributed by atoms with van der Waals surface area (Å²) < 4.78 is 24.5. The minimum Gasteiger partial charge on any atom is -0.380 e. The molecular weight excluding hydrogens is 260 g/mol. The van der Waals surface area contributed by atoms with Crippen LogP contribution in [-0.4, -0.2) is 19.6 Å². The van der Waals surface area contributed by atoms with Crippen LogP contribution in [0.5, 0.6) is 0 Å². The molecule has 0 aromatic heterocycles. The van der Waals surface area contributed by atoms with Crippen molar-refractivity contribution in [2.45, 2.75) is 30.3 Å². The van der Waals surface area contributed by atoms with Crippen LogP contribution in [0.2, 0.25) is 0 Å². The van der Waals surface area contributed by atoms with E-state index in [-0.39, 0.29) is 16.2 Å². The lowest BCUT2D eigenvalue weighted by molar-refractivity contribution is 0.219. The van der Waals surface area contributed by atoms with Crippen molar-refractivity contribution >= 4 is 9.84 Å². The standard InChI is InChI=1S/C15H16O3S/c1-3-13(16)9-8-12-14(4-2)19(17,18)15-10-6-5-7-11-15/h1,5-7,10-11,13,16H,2,8-9,12H2. The van der Waals surface area contributed by atoms with E-state index in [1.54, 1.807) is 18.2 Å². The van der Waals surface area contributed by atoms with E-state index in [2.05, 4.69) is 18.2 Å². The third-order valence-corrected chi connectivity index (χ3v) is 4.54. The van der Waals surface area contributed by atoms with Gasteiger partial charge in [-0.15, -0.1) is 12.2 Å². The van der Waals surface area contributed by atoms with Crippen molar-refractivity contribution in [2.75, 3.05) is 0 Å². The van der Waals surface area contributed by atoms with Gasteiger partial charge in [0.15, 0.2) is 0 Å². The quantitative estimate of drug-likeness (QED) is 0.640. The van der Waals surface area contributed by atoms with E-state index in [0.29, 0.717) is 12.8 Å². The molecule has 4 heteroatoms. The Hall–Kier alpha value is -1.79. The molecule has 0 aliphatic heterocycles. The lowest BCUT2D eigenvalue weighted by atomic mass is 10.1. The van der Waals surface area contributed by atoms with Crippen molar-refractivity contribution in [3.8, 4) is 12.3 Å². The molecule has 0 spiro atoms. The van der Waals surface area contributed by atoms with Gasteiger partial charge in [0.2, 0.25) is 9.84 Å². The summed E-state index contributed by atoms with van der Waals surface area (Å²) in [4.78, 5) is 0.349. The van der Waals surface area contributed by atoms with Gasteiger partial charge in [-0.25, -0.2) is 8.42 Å². The molecule has 0 saturated heterocycles. The zero-order valence-electron chi connectivity index (χ0n) is 10.5. The van der Waals surface area contributed by atoms with Gasteiger partial charge in [0, 0.05) is 0 Å². The van der Waals surface area contributed by atoms with Crippen LogP contribution < -0.4 is 0 Å². The molecule has 0 fully saturated rings. The van der Waals surface area contributed by atoms with Gasteiger partial charge in [-0.05, 0) is 31.4 Å². The van der Waals surface area contributed by atoms with Crippen molar-refractivity contribution < 1.29 is 13.5 Å². The molecule has 0 bridgehead atoms. The summed E-state index contributed by atoms with van der Waals surface area (Å²) in [7, 11) is -3.55. The fourth-order valence-corrected chi connectivity index (χ4v) is 3.00. The number of terminal acetylenes is 1. The van der Waals surface area contributed by atoms with E-state index in [1.165, 1.54) is 12.1 Å². The van der Waals surface area contributed by atoms with Gasteiger partial charge in [0.05, 0.1) is 9.80 Å².